The van der Waals surface area contributed by atoms with Crippen molar-refractivity contribution in [1.82, 2.24) is 4.98 Å². The van der Waals surface area contributed by atoms with Gasteiger partial charge in [0, 0.05) is 17.6 Å². The van der Waals surface area contributed by atoms with Crippen LogP contribution in [0.2, 0.25) is 0 Å². The Hall–Kier alpha value is -2.69. The van der Waals surface area contributed by atoms with Crippen molar-refractivity contribution >= 4 is 17.6 Å². The van der Waals surface area contributed by atoms with Gasteiger partial charge in [-0.15, -0.1) is 0 Å². The second kappa shape index (κ2) is 7.54. The summed E-state index contributed by atoms with van der Waals surface area (Å²) in [5.74, 6) is -1.35. The number of benzene rings is 1. The third-order valence-corrected chi connectivity index (χ3v) is 3.54. The van der Waals surface area contributed by atoms with Crippen LogP contribution in [0.25, 0.3) is 0 Å². The minimum atomic E-state index is -0.811. The van der Waals surface area contributed by atoms with Crippen molar-refractivity contribution in [3.05, 3.63) is 59.4 Å². The van der Waals surface area contributed by atoms with Crippen LogP contribution >= 0.6 is 0 Å². The van der Waals surface area contributed by atoms with Crippen molar-refractivity contribution in [2.24, 2.45) is 5.92 Å². The molecule has 1 aromatic heterocycles. The molecule has 0 saturated carbocycles. The molecule has 0 bridgehead atoms. The maximum Gasteiger partial charge on any atom is 0.306 e. The molecule has 2 aromatic rings. The van der Waals surface area contributed by atoms with Gasteiger partial charge in [-0.05, 0) is 42.7 Å². The van der Waals surface area contributed by atoms with Crippen LogP contribution in [0.5, 0.6) is 0 Å². The fourth-order valence-electron chi connectivity index (χ4n) is 2.16. The van der Waals surface area contributed by atoms with E-state index >= 15 is 0 Å². The van der Waals surface area contributed by atoms with Gasteiger partial charge in [0.1, 0.15) is 0 Å². The van der Waals surface area contributed by atoms with E-state index in [-0.39, 0.29) is 12.3 Å². The van der Waals surface area contributed by atoms with Gasteiger partial charge in [-0.3, -0.25) is 14.6 Å². The molecule has 0 fully saturated rings. The Morgan fingerprint density at radius 1 is 1.13 bits per heavy atom. The Bertz CT molecular complexity index is 678. The van der Waals surface area contributed by atoms with Crippen molar-refractivity contribution in [2.75, 3.05) is 5.32 Å². The Morgan fingerprint density at radius 3 is 2.35 bits per heavy atom. The van der Waals surface area contributed by atoms with Crippen molar-refractivity contribution in [3.8, 4) is 0 Å². The first-order valence-electron chi connectivity index (χ1n) is 7.47. The Labute approximate surface area is 135 Å². The number of carboxylic acids is 1. The van der Waals surface area contributed by atoms with Crippen LogP contribution in [-0.4, -0.2) is 22.0 Å². The van der Waals surface area contributed by atoms with E-state index in [9.17, 15) is 9.59 Å². The fourth-order valence-corrected chi connectivity index (χ4v) is 2.16. The molecule has 0 unspecified atom stereocenters. The first-order chi connectivity index (χ1) is 10.9. The number of pyridine rings is 1. The third-order valence-electron chi connectivity index (χ3n) is 3.54. The van der Waals surface area contributed by atoms with Crippen molar-refractivity contribution in [1.29, 1.82) is 0 Å². The summed E-state index contributed by atoms with van der Waals surface area (Å²) in [6.07, 6.45) is 2.44. The molecular formula is C18H20N2O3. The zero-order valence-corrected chi connectivity index (χ0v) is 13.2. The number of carbonyl (C=O) groups is 2. The maximum absolute atomic E-state index is 12.0. The van der Waals surface area contributed by atoms with E-state index in [1.807, 2.05) is 31.2 Å². The first kappa shape index (κ1) is 16.7. The Kier molecular flexibility index (Phi) is 5.46. The zero-order chi connectivity index (χ0) is 16.8. The van der Waals surface area contributed by atoms with Crippen LogP contribution in [0.4, 0.5) is 5.69 Å². The van der Waals surface area contributed by atoms with Crippen molar-refractivity contribution in [2.45, 2.75) is 26.7 Å². The van der Waals surface area contributed by atoms with Crippen LogP contribution in [0.15, 0.2) is 42.6 Å². The molecule has 0 radical (unpaired) electrons. The lowest BCUT2D eigenvalue weighted by atomic mass is 10.0. The van der Waals surface area contributed by atoms with Crippen LogP contribution in [0.3, 0.4) is 0 Å². The molecular weight excluding hydrogens is 292 g/mol. The zero-order valence-electron chi connectivity index (χ0n) is 13.2. The predicted molar refractivity (Wildman–Crippen MR) is 88.3 cm³/mol. The number of amides is 1. The summed E-state index contributed by atoms with van der Waals surface area (Å²) >= 11 is 0. The molecule has 2 rings (SSSR count). The molecule has 0 saturated heterocycles. The third kappa shape index (κ3) is 5.21. The van der Waals surface area contributed by atoms with Gasteiger partial charge >= 0.3 is 5.97 Å². The molecule has 0 spiro atoms. The molecule has 120 valence electrons. The van der Waals surface area contributed by atoms with Gasteiger partial charge in [0.15, 0.2) is 0 Å². The average Bonchev–Trinajstić information content (AvgIpc) is 2.51. The van der Waals surface area contributed by atoms with E-state index in [0.29, 0.717) is 12.1 Å². The molecule has 2 N–H and O–H groups in total. The normalized spacial score (nSPS) is 11.7. The maximum atomic E-state index is 12.0. The average molecular weight is 312 g/mol. The largest absolute Gasteiger partial charge is 0.481 e. The van der Waals surface area contributed by atoms with Gasteiger partial charge in [-0.2, -0.15) is 0 Å². The van der Waals surface area contributed by atoms with Gasteiger partial charge in [0.2, 0.25) is 5.91 Å². The van der Waals surface area contributed by atoms with Gasteiger partial charge < -0.3 is 10.4 Å². The highest BCUT2D eigenvalue weighted by atomic mass is 16.4. The molecule has 1 heterocycles. The monoisotopic (exact) mass is 312 g/mol. The molecule has 5 nitrogen and oxygen atoms in total. The number of nitrogens with zero attached hydrogens (tertiary/aromatic N) is 1. The predicted octanol–water partition coefficient (Wildman–Crippen LogP) is 2.83. The summed E-state index contributed by atoms with van der Waals surface area (Å²) in [4.78, 5) is 27.0. The van der Waals surface area contributed by atoms with E-state index in [1.54, 1.807) is 25.3 Å². The van der Waals surface area contributed by atoms with E-state index in [2.05, 4.69) is 10.3 Å². The number of nitrogens with one attached hydrogen (secondary N) is 1. The molecule has 1 aromatic carbocycles. The molecule has 1 amide bonds. The number of hydrogen-bond acceptors (Lipinski definition) is 3. The van der Waals surface area contributed by atoms with Gasteiger partial charge in [0.05, 0.1) is 12.3 Å². The number of aryl methyl sites for hydroxylation is 1. The van der Waals surface area contributed by atoms with Crippen LogP contribution in [0, 0.1) is 12.8 Å². The molecule has 0 aliphatic heterocycles. The summed E-state index contributed by atoms with van der Waals surface area (Å²) in [5, 5.41) is 11.7. The molecule has 0 aliphatic carbocycles. The lowest BCUT2D eigenvalue weighted by molar-refractivity contribution is -0.141. The summed E-state index contributed by atoms with van der Waals surface area (Å²) in [6, 6.07) is 11.0. The molecule has 23 heavy (non-hydrogen) atoms. The highest BCUT2D eigenvalue weighted by Crippen LogP contribution is 2.14. The summed E-state index contributed by atoms with van der Waals surface area (Å²) in [6.45, 7) is 3.57. The standard InChI is InChI=1S/C18H20N2O3/c1-12(18(22)23)9-14-5-7-16(8-6-14)20-17(21)10-15-4-3-13(2)19-11-15/h3-8,11-12H,9-10H2,1-2H3,(H,20,21)(H,22,23)/t12-/m0/s1. The highest BCUT2D eigenvalue weighted by molar-refractivity contribution is 5.92. The second-order valence-electron chi connectivity index (χ2n) is 5.67. The summed E-state index contributed by atoms with van der Waals surface area (Å²) < 4.78 is 0. The lowest BCUT2D eigenvalue weighted by Gasteiger charge is -2.08. The minimum absolute atomic E-state index is 0.109. The number of aliphatic carboxylic acids is 1. The number of carbonyl (C=O) groups excluding carboxylic acids is 1. The summed E-state index contributed by atoms with van der Waals surface area (Å²) in [7, 11) is 0. The highest BCUT2D eigenvalue weighted by Gasteiger charge is 2.11. The van der Waals surface area contributed by atoms with E-state index in [4.69, 9.17) is 5.11 Å². The first-order valence-corrected chi connectivity index (χ1v) is 7.47. The molecule has 0 aliphatic rings. The van der Waals surface area contributed by atoms with E-state index in [1.165, 1.54) is 0 Å². The van der Waals surface area contributed by atoms with E-state index in [0.717, 1.165) is 16.8 Å². The quantitative estimate of drug-likeness (QED) is 0.859. The number of hydrogen-bond donors (Lipinski definition) is 2. The number of anilines is 1. The number of aromatic nitrogens is 1. The second-order valence-corrected chi connectivity index (χ2v) is 5.67. The smallest absolute Gasteiger partial charge is 0.306 e. The molecule has 1 atom stereocenters. The SMILES string of the molecule is Cc1ccc(CC(=O)Nc2ccc(C[C@H](C)C(=O)O)cc2)cn1. The lowest BCUT2D eigenvalue weighted by Crippen LogP contribution is -2.15. The molecule has 5 heteroatoms. The fraction of sp³-hybridized carbons (Fsp3) is 0.278. The van der Waals surface area contributed by atoms with Crippen molar-refractivity contribution in [3.63, 3.8) is 0 Å². The Morgan fingerprint density at radius 2 is 1.78 bits per heavy atom. The van der Waals surface area contributed by atoms with Crippen LogP contribution in [-0.2, 0) is 22.4 Å². The Balaban J connectivity index is 1.91. The van der Waals surface area contributed by atoms with Crippen LogP contribution in [0.1, 0.15) is 23.7 Å². The minimum Gasteiger partial charge on any atom is -0.481 e. The topological polar surface area (TPSA) is 79.3 Å². The van der Waals surface area contributed by atoms with Crippen molar-refractivity contribution < 1.29 is 14.7 Å². The number of rotatable bonds is 6. The van der Waals surface area contributed by atoms with Gasteiger partial charge in [-0.1, -0.05) is 25.1 Å². The van der Waals surface area contributed by atoms with E-state index < -0.39 is 11.9 Å². The van der Waals surface area contributed by atoms with Gasteiger partial charge in [-0.25, -0.2) is 0 Å². The number of carboxylic acid groups (broad SMARTS) is 1. The van der Waals surface area contributed by atoms with Gasteiger partial charge in [0.25, 0.3) is 0 Å². The van der Waals surface area contributed by atoms with Crippen LogP contribution < -0.4 is 5.32 Å². The summed E-state index contributed by atoms with van der Waals surface area (Å²) in [5.41, 5.74) is 3.41.